The Morgan fingerprint density at radius 2 is 1.84 bits per heavy atom. The molecule has 0 saturated heterocycles. The minimum Gasteiger partial charge on any atom is -0.494 e. The fourth-order valence-corrected chi connectivity index (χ4v) is 4.47. The van der Waals surface area contributed by atoms with Crippen molar-refractivity contribution in [3.63, 3.8) is 0 Å². The molecule has 0 spiro atoms. The third kappa shape index (κ3) is 6.70. The molecule has 0 unspecified atom stereocenters. The van der Waals surface area contributed by atoms with Crippen LogP contribution in [0.15, 0.2) is 82.3 Å². The molecule has 194 valence electrons. The largest absolute Gasteiger partial charge is 0.494 e. The highest BCUT2D eigenvalue weighted by atomic mass is 79.9. The molecular formula is C29H32BrN3O4. The zero-order valence-electron chi connectivity index (χ0n) is 21.1. The van der Waals surface area contributed by atoms with Gasteiger partial charge in [-0.05, 0) is 53.6 Å². The Morgan fingerprint density at radius 1 is 1.11 bits per heavy atom. The lowest BCUT2D eigenvalue weighted by Gasteiger charge is -2.24. The van der Waals surface area contributed by atoms with Gasteiger partial charge in [0.1, 0.15) is 12.4 Å². The molecule has 0 saturated carbocycles. The van der Waals surface area contributed by atoms with Gasteiger partial charge in [-0.2, -0.15) is 0 Å². The highest BCUT2D eigenvalue weighted by molar-refractivity contribution is 9.10. The van der Waals surface area contributed by atoms with E-state index >= 15 is 0 Å². The summed E-state index contributed by atoms with van der Waals surface area (Å²) in [4.78, 5) is 20.5. The van der Waals surface area contributed by atoms with Crippen LogP contribution in [0.5, 0.6) is 5.75 Å². The zero-order chi connectivity index (χ0) is 26.3. The average Bonchev–Trinajstić information content (AvgIpc) is 3.35. The molecule has 4 rings (SSSR count). The highest BCUT2D eigenvalue weighted by Crippen LogP contribution is 2.30. The summed E-state index contributed by atoms with van der Waals surface area (Å²) in [5.74, 6) is 0.951. The van der Waals surface area contributed by atoms with E-state index < -0.39 is 5.54 Å². The van der Waals surface area contributed by atoms with Crippen LogP contribution in [0.3, 0.4) is 0 Å². The van der Waals surface area contributed by atoms with Crippen molar-refractivity contribution in [3.8, 4) is 5.75 Å². The SMILES string of the molecule is CN(C)c1ccc(CNC(=O)[C@@]2(Cc3ccccc3Br)COC(c3ccc(OCCCO)cc3)=N2)cc1. The van der Waals surface area contributed by atoms with E-state index in [9.17, 15) is 4.79 Å². The Balaban J connectivity index is 1.54. The molecule has 0 bridgehead atoms. The second-order valence-corrected chi connectivity index (χ2v) is 10.1. The summed E-state index contributed by atoms with van der Waals surface area (Å²) in [5, 5.41) is 12.0. The predicted octanol–water partition coefficient (Wildman–Crippen LogP) is 4.35. The molecule has 0 fully saturated rings. The average molecular weight is 566 g/mol. The molecule has 3 aromatic rings. The van der Waals surface area contributed by atoms with Gasteiger partial charge in [-0.25, -0.2) is 4.99 Å². The number of aliphatic hydroxyl groups is 1. The fourth-order valence-electron chi connectivity index (χ4n) is 4.05. The molecule has 1 atom stereocenters. The predicted molar refractivity (Wildman–Crippen MR) is 149 cm³/mol. The second-order valence-electron chi connectivity index (χ2n) is 9.20. The molecule has 0 aliphatic carbocycles. The van der Waals surface area contributed by atoms with Crippen molar-refractivity contribution in [2.75, 3.05) is 38.8 Å². The summed E-state index contributed by atoms with van der Waals surface area (Å²) in [5.41, 5.74) is 2.77. The van der Waals surface area contributed by atoms with Crippen molar-refractivity contribution >= 4 is 33.4 Å². The molecule has 7 nitrogen and oxygen atoms in total. The van der Waals surface area contributed by atoms with Crippen LogP contribution in [0.4, 0.5) is 5.69 Å². The lowest BCUT2D eigenvalue weighted by atomic mass is 9.91. The molecule has 0 aromatic heterocycles. The standard InChI is InChI=1S/C29H32BrN3O4/c1-33(2)24-12-8-21(9-13-24)19-31-28(35)29(18-23-6-3-4-7-26(23)30)20-37-27(32-29)22-10-14-25(15-11-22)36-17-5-16-34/h3-4,6-15,34H,5,16-20H2,1-2H3,(H,31,35)/t29-/m1/s1. The number of hydrogen-bond acceptors (Lipinski definition) is 6. The van der Waals surface area contributed by atoms with Gasteiger partial charge < -0.3 is 24.8 Å². The molecule has 37 heavy (non-hydrogen) atoms. The molecule has 1 aliphatic heterocycles. The number of halogens is 1. The van der Waals surface area contributed by atoms with E-state index in [2.05, 4.69) is 21.2 Å². The summed E-state index contributed by atoms with van der Waals surface area (Å²) in [6.45, 7) is 1.07. The number of carbonyl (C=O) groups is 1. The number of nitrogens with one attached hydrogen (secondary N) is 1. The van der Waals surface area contributed by atoms with E-state index in [0.717, 1.165) is 26.9 Å². The Bertz CT molecular complexity index is 1230. The van der Waals surface area contributed by atoms with Crippen LogP contribution in [-0.2, 0) is 22.5 Å². The third-order valence-electron chi connectivity index (χ3n) is 6.20. The van der Waals surface area contributed by atoms with Gasteiger partial charge in [-0.15, -0.1) is 0 Å². The monoisotopic (exact) mass is 565 g/mol. The van der Waals surface area contributed by atoms with Crippen molar-refractivity contribution in [2.24, 2.45) is 4.99 Å². The van der Waals surface area contributed by atoms with Gasteiger partial charge in [-0.1, -0.05) is 46.3 Å². The first kappa shape index (κ1) is 26.7. The molecule has 1 amide bonds. The number of carbonyl (C=O) groups excluding carboxylic acids is 1. The number of aliphatic imine (C=N–C) groups is 1. The van der Waals surface area contributed by atoms with Crippen LogP contribution in [0.25, 0.3) is 0 Å². The maximum Gasteiger partial charge on any atom is 0.252 e. The van der Waals surface area contributed by atoms with Gasteiger partial charge in [0, 0.05) is 55.8 Å². The summed E-state index contributed by atoms with van der Waals surface area (Å²) in [7, 11) is 3.99. The first-order valence-corrected chi connectivity index (χ1v) is 13.0. The number of hydrogen-bond donors (Lipinski definition) is 2. The number of ether oxygens (including phenoxy) is 2. The molecule has 1 heterocycles. The van der Waals surface area contributed by atoms with E-state index in [1.807, 2.05) is 91.8 Å². The molecule has 3 aromatic carbocycles. The van der Waals surface area contributed by atoms with Gasteiger partial charge in [0.25, 0.3) is 5.91 Å². The minimum absolute atomic E-state index is 0.0891. The van der Waals surface area contributed by atoms with Crippen molar-refractivity contribution < 1.29 is 19.4 Å². The summed E-state index contributed by atoms with van der Waals surface area (Å²) >= 11 is 3.61. The maximum absolute atomic E-state index is 13.6. The molecular weight excluding hydrogens is 534 g/mol. The molecule has 8 heteroatoms. The van der Waals surface area contributed by atoms with Gasteiger partial charge in [0.2, 0.25) is 5.90 Å². The van der Waals surface area contributed by atoms with Gasteiger partial charge >= 0.3 is 0 Å². The highest BCUT2D eigenvalue weighted by Gasteiger charge is 2.44. The summed E-state index contributed by atoms with van der Waals surface area (Å²) in [6, 6.07) is 23.4. The van der Waals surface area contributed by atoms with E-state index in [1.165, 1.54) is 0 Å². The van der Waals surface area contributed by atoms with Gasteiger partial charge in [-0.3, -0.25) is 4.79 Å². The van der Waals surface area contributed by atoms with Gasteiger partial charge in [0.15, 0.2) is 5.54 Å². The topological polar surface area (TPSA) is 83.4 Å². The van der Waals surface area contributed by atoms with Crippen LogP contribution < -0.4 is 15.0 Å². The lowest BCUT2D eigenvalue weighted by molar-refractivity contribution is -0.126. The number of rotatable bonds is 11. The smallest absolute Gasteiger partial charge is 0.252 e. The zero-order valence-corrected chi connectivity index (χ0v) is 22.7. The Morgan fingerprint density at radius 3 is 2.51 bits per heavy atom. The molecule has 1 aliphatic rings. The lowest BCUT2D eigenvalue weighted by Crippen LogP contribution is -2.48. The van der Waals surface area contributed by atoms with E-state index in [1.54, 1.807) is 0 Å². The number of amides is 1. The van der Waals surface area contributed by atoms with Crippen molar-refractivity contribution in [3.05, 3.63) is 94.0 Å². The third-order valence-corrected chi connectivity index (χ3v) is 6.98. The maximum atomic E-state index is 13.6. The van der Waals surface area contributed by atoms with Crippen LogP contribution in [0, 0.1) is 0 Å². The number of aliphatic hydroxyl groups excluding tert-OH is 1. The van der Waals surface area contributed by atoms with Crippen molar-refractivity contribution in [1.29, 1.82) is 0 Å². The Hall–Kier alpha value is -3.36. The number of anilines is 1. The van der Waals surface area contributed by atoms with E-state index in [4.69, 9.17) is 19.6 Å². The van der Waals surface area contributed by atoms with Crippen LogP contribution in [0.1, 0.15) is 23.1 Å². The first-order valence-electron chi connectivity index (χ1n) is 12.2. The summed E-state index contributed by atoms with van der Waals surface area (Å²) < 4.78 is 12.6. The van der Waals surface area contributed by atoms with E-state index in [0.29, 0.717) is 37.6 Å². The quantitative estimate of drug-likeness (QED) is 0.338. The number of nitrogens with zero attached hydrogens (tertiary/aromatic N) is 2. The van der Waals surface area contributed by atoms with Crippen molar-refractivity contribution in [1.82, 2.24) is 5.32 Å². The number of benzene rings is 3. The van der Waals surface area contributed by atoms with Crippen LogP contribution >= 0.6 is 15.9 Å². The first-order chi connectivity index (χ1) is 17.9. The molecule has 0 radical (unpaired) electrons. The van der Waals surface area contributed by atoms with Gasteiger partial charge in [0.05, 0.1) is 6.61 Å². The Labute approximate surface area is 226 Å². The second kappa shape index (κ2) is 12.3. The summed E-state index contributed by atoms with van der Waals surface area (Å²) in [6.07, 6.45) is 0.968. The normalized spacial score (nSPS) is 16.6. The van der Waals surface area contributed by atoms with Crippen LogP contribution in [-0.4, -0.2) is 56.4 Å². The molecule has 2 N–H and O–H groups in total. The Kier molecular flexibility index (Phi) is 8.84. The fraction of sp³-hybridized carbons (Fsp3) is 0.310. The van der Waals surface area contributed by atoms with Crippen LogP contribution in [0.2, 0.25) is 0 Å². The van der Waals surface area contributed by atoms with Crippen molar-refractivity contribution in [2.45, 2.75) is 24.9 Å². The minimum atomic E-state index is -1.10. The van der Waals surface area contributed by atoms with E-state index in [-0.39, 0.29) is 19.1 Å².